The Hall–Kier alpha value is -2.74. The standard InChI is InChI=1S/C16H15N3O4S/c1-8-6-10(14-9(2)19-23-16(14)17-8)15(22)18-11(7-13(20)21)12-4-3-5-24-12/h3-6,11H,7H2,1-2H3,(H,18,22)(H,20,21)/t11-/m0/s1. The molecular weight excluding hydrogens is 330 g/mol. The molecule has 8 heteroatoms. The van der Waals surface area contributed by atoms with Crippen LogP contribution in [0, 0.1) is 13.8 Å². The van der Waals surface area contributed by atoms with E-state index in [0.717, 1.165) is 4.88 Å². The van der Waals surface area contributed by atoms with E-state index in [4.69, 9.17) is 9.63 Å². The molecule has 24 heavy (non-hydrogen) atoms. The molecule has 0 radical (unpaired) electrons. The summed E-state index contributed by atoms with van der Waals surface area (Å²) in [6.07, 6.45) is -0.192. The minimum atomic E-state index is -0.981. The number of aryl methyl sites for hydroxylation is 2. The third-order valence-corrected chi connectivity index (χ3v) is 4.55. The molecule has 0 aliphatic carbocycles. The number of fused-ring (bicyclic) bond motifs is 1. The van der Waals surface area contributed by atoms with Gasteiger partial charge < -0.3 is 14.9 Å². The van der Waals surface area contributed by atoms with Gasteiger partial charge in [0, 0.05) is 10.6 Å². The minimum absolute atomic E-state index is 0.192. The highest BCUT2D eigenvalue weighted by atomic mass is 32.1. The Morgan fingerprint density at radius 3 is 2.88 bits per heavy atom. The van der Waals surface area contributed by atoms with Gasteiger partial charge in [0.15, 0.2) is 0 Å². The van der Waals surface area contributed by atoms with Gasteiger partial charge in [-0.05, 0) is 31.4 Å². The highest BCUT2D eigenvalue weighted by molar-refractivity contribution is 7.10. The third-order valence-electron chi connectivity index (χ3n) is 3.56. The fourth-order valence-electron chi connectivity index (χ4n) is 2.52. The second-order valence-corrected chi connectivity index (χ2v) is 6.38. The molecule has 0 aliphatic heterocycles. The first kappa shape index (κ1) is 16.1. The first-order valence-electron chi connectivity index (χ1n) is 7.25. The number of aromatic nitrogens is 2. The summed E-state index contributed by atoms with van der Waals surface area (Å²) in [7, 11) is 0. The second kappa shape index (κ2) is 6.40. The second-order valence-electron chi connectivity index (χ2n) is 5.40. The Morgan fingerprint density at radius 1 is 1.42 bits per heavy atom. The first-order valence-corrected chi connectivity index (χ1v) is 8.13. The van der Waals surface area contributed by atoms with Crippen molar-refractivity contribution in [2.24, 2.45) is 0 Å². The van der Waals surface area contributed by atoms with E-state index in [1.54, 1.807) is 26.0 Å². The average molecular weight is 345 g/mol. The Bertz CT molecular complexity index is 902. The molecule has 0 spiro atoms. The van der Waals surface area contributed by atoms with Crippen molar-refractivity contribution < 1.29 is 19.2 Å². The Balaban J connectivity index is 1.96. The molecule has 0 aromatic carbocycles. The third kappa shape index (κ3) is 3.13. The number of aliphatic carboxylic acids is 1. The number of carboxylic acids is 1. The lowest BCUT2D eigenvalue weighted by Crippen LogP contribution is -2.30. The normalized spacial score (nSPS) is 12.2. The SMILES string of the molecule is Cc1cc(C(=O)N[C@@H](CC(=O)O)c2cccs2)c2c(C)noc2n1. The number of carbonyl (C=O) groups excluding carboxylic acids is 1. The molecule has 0 aliphatic rings. The van der Waals surface area contributed by atoms with Gasteiger partial charge in [0.1, 0.15) is 0 Å². The summed E-state index contributed by atoms with van der Waals surface area (Å²) in [5.41, 5.74) is 1.86. The predicted octanol–water partition coefficient (Wildman–Crippen LogP) is 2.85. The van der Waals surface area contributed by atoms with Gasteiger partial charge >= 0.3 is 5.97 Å². The number of hydrogen-bond donors (Lipinski definition) is 2. The van der Waals surface area contributed by atoms with Crippen LogP contribution in [-0.2, 0) is 4.79 Å². The number of amides is 1. The maximum absolute atomic E-state index is 12.8. The Labute approximate surface area is 141 Å². The van der Waals surface area contributed by atoms with Crippen LogP contribution in [0.15, 0.2) is 28.1 Å². The maximum Gasteiger partial charge on any atom is 0.305 e. The number of pyridine rings is 1. The number of carbonyl (C=O) groups is 2. The van der Waals surface area contributed by atoms with E-state index in [2.05, 4.69) is 15.5 Å². The van der Waals surface area contributed by atoms with Crippen molar-refractivity contribution in [2.75, 3.05) is 0 Å². The smallest absolute Gasteiger partial charge is 0.305 e. The Morgan fingerprint density at radius 2 is 2.21 bits per heavy atom. The van der Waals surface area contributed by atoms with Crippen molar-refractivity contribution in [3.05, 3.63) is 45.4 Å². The van der Waals surface area contributed by atoms with E-state index in [9.17, 15) is 9.59 Å². The van der Waals surface area contributed by atoms with Crippen LogP contribution in [-0.4, -0.2) is 27.1 Å². The van der Waals surface area contributed by atoms with Gasteiger partial charge in [-0.2, -0.15) is 0 Å². The zero-order chi connectivity index (χ0) is 17.3. The molecule has 1 atom stereocenters. The van der Waals surface area contributed by atoms with Crippen LogP contribution in [0.4, 0.5) is 0 Å². The lowest BCUT2D eigenvalue weighted by molar-refractivity contribution is -0.137. The number of nitrogens with zero attached hydrogens (tertiary/aromatic N) is 2. The molecule has 3 aromatic heterocycles. The lowest BCUT2D eigenvalue weighted by atomic mass is 10.1. The molecule has 7 nitrogen and oxygen atoms in total. The van der Waals surface area contributed by atoms with Crippen molar-refractivity contribution in [3.8, 4) is 0 Å². The zero-order valence-corrected chi connectivity index (χ0v) is 13.9. The highest BCUT2D eigenvalue weighted by Crippen LogP contribution is 2.25. The number of thiophene rings is 1. The van der Waals surface area contributed by atoms with Gasteiger partial charge in [-0.3, -0.25) is 9.59 Å². The minimum Gasteiger partial charge on any atom is -0.481 e. The van der Waals surface area contributed by atoms with Crippen molar-refractivity contribution in [1.29, 1.82) is 0 Å². The molecule has 124 valence electrons. The van der Waals surface area contributed by atoms with Crippen LogP contribution >= 0.6 is 11.3 Å². The van der Waals surface area contributed by atoms with Gasteiger partial charge in [-0.1, -0.05) is 11.2 Å². The van der Waals surface area contributed by atoms with Crippen molar-refractivity contribution >= 4 is 34.3 Å². The molecule has 1 amide bonds. The van der Waals surface area contributed by atoms with Crippen LogP contribution in [0.5, 0.6) is 0 Å². The van der Waals surface area contributed by atoms with Crippen LogP contribution in [0.25, 0.3) is 11.1 Å². The highest BCUT2D eigenvalue weighted by Gasteiger charge is 2.23. The summed E-state index contributed by atoms with van der Waals surface area (Å²) >= 11 is 1.40. The monoisotopic (exact) mass is 345 g/mol. The van der Waals surface area contributed by atoms with Gasteiger partial charge in [-0.25, -0.2) is 4.98 Å². The maximum atomic E-state index is 12.8. The number of hydrogen-bond acceptors (Lipinski definition) is 6. The van der Waals surface area contributed by atoms with Gasteiger partial charge in [0.2, 0.25) is 0 Å². The summed E-state index contributed by atoms with van der Waals surface area (Å²) in [6, 6.07) is 4.67. The fourth-order valence-corrected chi connectivity index (χ4v) is 3.30. The van der Waals surface area contributed by atoms with Crippen molar-refractivity contribution in [2.45, 2.75) is 26.3 Å². The summed E-state index contributed by atoms with van der Waals surface area (Å²) in [4.78, 5) is 28.9. The largest absolute Gasteiger partial charge is 0.481 e. The van der Waals surface area contributed by atoms with E-state index in [0.29, 0.717) is 28.1 Å². The quantitative estimate of drug-likeness (QED) is 0.736. The van der Waals surface area contributed by atoms with Gasteiger partial charge in [0.05, 0.1) is 29.1 Å². The molecule has 0 saturated heterocycles. The summed E-state index contributed by atoms with van der Waals surface area (Å²) in [5, 5.41) is 18.1. The van der Waals surface area contributed by atoms with Crippen molar-refractivity contribution in [3.63, 3.8) is 0 Å². The summed E-state index contributed by atoms with van der Waals surface area (Å²) in [6.45, 7) is 3.48. The number of nitrogens with one attached hydrogen (secondary N) is 1. The predicted molar refractivity (Wildman–Crippen MR) is 88.1 cm³/mol. The molecule has 0 bridgehead atoms. The topological polar surface area (TPSA) is 105 Å². The zero-order valence-electron chi connectivity index (χ0n) is 13.1. The molecule has 3 heterocycles. The van der Waals surface area contributed by atoms with E-state index >= 15 is 0 Å². The number of carboxylic acid groups (broad SMARTS) is 1. The average Bonchev–Trinajstić information content (AvgIpc) is 3.15. The van der Waals surface area contributed by atoms with Gasteiger partial charge in [0.25, 0.3) is 11.6 Å². The van der Waals surface area contributed by atoms with Crippen LogP contribution in [0.3, 0.4) is 0 Å². The molecule has 3 aromatic rings. The van der Waals surface area contributed by atoms with Gasteiger partial charge in [-0.15, -0.1) is 11.3 Å². The lowest BCUT2D eigenvalue weighted by Gasteiger charge is -2.16. The van der Waals surface area contributed by atoms with E-state index in [1.165, 1.54) is 11.3 Å². The number of rotatable bonds is 5. The van der Waals surface area contributed by atoms with Crippen LogP contribution < -0.4 is 5.32 Å². The molecule has 3 rings (SSSR count). The first-order chi connectivity index (χ1) is 11.5. The molecule has 2 N–H and O–H groups in total. The van der Waals surface area contributed by atoms with E-state index in [1.807, 2.05) is 11.4 Å². The molecule has 0 fully saturated rings. The van der Waals surface area contributed by atoms with Crippen LogP contribution in [0.1, 0.15) is 39.1 Å². The Kier molecular flexibility index (Phi) is 4.30. The van der Waals surface area contributed by atoms with E-state index in [-0.39, 0.29) is 12.3 Å². The molecule has 0 unspecified atom stereocenters. The molecular formula is C16H15N3O4S. The summed E-state index contributed by atoms with van der Waals surface area (Å²) in [5.74, 6) is -1.36. The van der Waals surface area contributed by atoms with Crippen molar-refractivity contribution in [1.82, 2.24) is 15.5 Å². The van der Waals surface area contributed by atoms with Crippen LogP contribution in [0.2, 0.25) is 0 Å². The molecule has 0 saturated carbocycles. The fraction of sp³-hybridized carbons (Fsp3) is 0.250. The van der Waals surface area contributed by atoms with E-state index < -0.39 is 12.0 Å². The summed E-state index contributed by atoms with van der Waals surface area (Å²) < 4.78 is 5.13.